The SMILES string of the molecule is CO[C@@H]1CN(Cc2cccc3c2CN(C2CCC(=O)NC2=O)C3=O)C[C@@H]1N. The van der Waals surface area contributed by atoms with Crippen LogP contribution in [0.4, 0.5) is 0 Å². The number of carbonyl (C=O) groups excluding carboxylic acids is 3. The molecule has 0 radical (unpaired) electrons. The summed E-state index contributed by atoms with van der Waals surface area (Å²) in [6.07, 6.45) is 0.646. The van der Waals surface area contributed by atoms with Crippen LogP contribution in [0.25, 0.3) is 0 Å². The molecule has 1 aromatic rings. The number of hydrogen-bond acceptors (Lipinski definition) is 6. The van der Waals surface area contributed by atoms with Crippen LogP contribution in [0.5, 0.6) is 0 Å². The predicted octanol–water partition coefficient (Wildman–Crippen LogP) is -0.394. The minimum Gasteiger partial charge on any atom is -0.378 e. The second kappa shape index (κ2) is 7.03. The molecule has 2 saturated heterocycles. The van der Waals surface area contributed by atoms with Crippen molar-refractivity contribution < 1.29 is 19.1 Å². The Morgan fingerprint density at radius 2 is 2.07 bits per heavy atom. The van der Waals surface area contributed by atoms with Gasteiger partial charge in [-0.25, -0.2) is 0 Å². The number of rotatable bonds is 4. The molecular weight excluding hydrogens is 348 g/mol. The van der Waals surface area contributed by atoms with Gasteiger partial charge in [-0.1, -0.05) is 12.1 Å². The second-order valence-electron chi connectivity index (χ2n) is 7.48. The summed E-state index contributed by atoms with van der Waals surface area (Å²) in [5.41, 5.74) is 8.79. The average Bonchev–Trinajstić information content (AvgIpc) is 3.16. The van der Waals surface area contributed by atoms with Crippen molar-refractivity contribution in [3.63, 3.8) is 0 Å². The number of piperidine rings is 1. The van der Waals surface area contributed by atoms with Gasteiger partial charge in [0.15, 0.2) is 0 Å². The van der Waals surface area contributed by atoms with Crippen LogP contribution in [0, 0.1) is 0 Å². The Hall–Kier alpha value is -2.29. The van der Waals surface area contributed by atoms with Crippen LogP contribution >= 0.6 is 0 Å². The number of amides is 3. The van der Waals surface area contributed by atoms with Crippen molar-refractivity contribution in [2.45, 2.75) is 44.1 Å². The Bertz CT molecular complexity index is 796. The van der Waals surface area contributed by atoms with E-state index in [1.807, 2.05) is 12.1 Å². The molecule has 1 unspecified atom stereocenters. The average molecular weight is 372 g/mol. The van der Waals surface area contributed by atoms with Crippen LogP contribution < -0.4 is 11.1 Å². The van der Waals surface area contributed by atoms with Gasteiger partial charge in [-0.15, -0.1) is 0 Å². The fourth-order valence-electron chi connectivity index (χ4n) is 4.30. The lowest BCUT2D eigenvalue weighted by Crippen LogP contribution is -2.52. The van der Waals surface area contributed by atoms with Crippen LogP contribution in [-0.2, 0) is 27.4 Å². The van der Waals surface area contributed by atoms with E-state index in [0.717, 1.165) is 24.2 Å². The Morgan fingerprint density at radius 3 is 2.78 bits per heavy atom. The number of nitrogens with two attached hydrogens (primary N) is 1. The van der Waals surface area contributed by atoms with Crippen LogP contribution in [-0.4, -0.2) is 65.9 Å². The van der Waals surface area contributed by atoms with Gasteiger partial charge in [-0.3, -0.25) is 24.6 Å². The first kappa shape index (κ1) is 18.1. The van der Waals surface area contributed by atoms with Crippen molar-refractivity contribution in [3.8, 4) is 0 Å². The molecular formula is C19H24N4O4. The monoisotopic (exact) mass is 372 g/mol. The number of carbonyl (C=O) groups is 3. The molecule has 0 aromatic heterocycles. The Kier molecular flexibility index (Phi) is 4.71. The largest absolute Gasteiger partial charge is 0.378 e. The lowest BCUT2D eigenvalue weighted by molar-refractivity contribution is -0.136. The summed E-state index contributed by atoms with van der Waals surface area (Å²) in [4.78, 5) is 40.3. The fourth-order valence-corrected chi connectivity index (χ4v) is 4.30. The highest BCUT2D eigenvalue weighted by molar-refractivity contribution is 6.05. The number of nitrogens with one attached hydrogen (secondary N) is 1. The molecule has 3 atom stereocenters. The van der Waals surface area contributed by atoms with Gasteiger partial charge >= 0.3 is 0 Å². The van der Waals surface area contributed by atoms with Gasteiger partial charge in [0.1, 0.15) is 6.04 Å². The van der Waals surface area contributed by atoms with Crippen molar-refractivity contribution in [1.29, 1.82) is 0 Å². The van der Waals surface area contributed by atoms with E-state index < -0.39 is 6.04 Å². The number of methoxy groups -OCH3 is 1. The van der Waals surface area contributed by atoms with Crippen molar-refractivity contribution in [2.75, 3.05) is 20.2 Å². The maximum atomic E-state index is 12.9. The molecule has 144 valence electrons. The van der Waals surface area contributed by atoms with E-state index in [1.165, 1.54) is 0 Å². The van der Waals surface area contributed by atoms with Crippen LogP contribution in [0.1, 0.15) is 34.3 Å². The number of hydrogen-bond donors (Lipinski definition) is 2. The third-order valence-electron chi connectivity index (χ3n) is 5.76. The summed E-state index contributed by atoms with van der Waals surface area (Å²) in [5.74, 6) is -0.809. The van der Waals surface area contributed by atoms with E-state index in [4.69, 9.17) is 10.5 Å². The van der Waals surface area contributed by atoms with Crippen molar-refractivity contribution in [3.05, 3.63) is 34.9 Å². The van der Waals surface area contributed by atoms with Gasteiger partial charge in [0, 0.05) is 51.3 Å². The Labute approximate surface area is 157 Å². The van der Waals surface area contributed by atoms with E-state index in [2.05, 4.69) is 10.2 Å². The lowest BCUT2D eigenvalue weighted by atomic mass is 10.0. The van der Waals surface area contributed by atoms with Gasteiger partial charge in [0.25, 0.3) is 5.91 Å². The van der Waals surface area contributed by atoms with Gasteiger partial charge in [-0.2, -0.15) is 0 Å². The number of imide groups is 1. The number of benzene rings is 1. The van der Waals surface area contributed by atoms with Crippen LogP contribution in [0.3, 0.4) is 0 Å². The van der Waals surface area contributed by atoms with E-state index in [-0.39, 0.29) is 36.3 Å². The highest BCUT2D eigenvalue weighted by Crippen LogP contribution is 2.31. The molecule has 0 spiro atoms. The minimum absolute atomic E-state index is 0.0170. The normalized spacial score (nSPS) is 28.6. The van der Waals surface area contributed by atoms with Gasteiger partial charge in [0.2, 0.25) is 11.8 Å². The fraction of sp³-hybridized carbons (Fsp3) is 0.526. The smallest absolute Gasteiger partial charge is 0.255 e. The molecule has 3 amide bonds. The van der Waals surface area contributed by atoms with Gasteiger partial charge in [0.05, 0.1) is 6.10 Å². The standard InChI is InChI=1S/C19H24N4O4/c1-27-16-10-22(9-14(16)20)7-11-3-2-4-12-13(11)8-23(19(12)26)15-5-6-17(24)21-18(15)25/h2-4,14-16H,5-10,20H2,1H3,(H,21,24,25)/t14-,15?,16+/m0/s1. The first-order valence-corrected chi connectivity index (χ1v) is 9.24. The third kappa shape index (κ3) is 3.24. The number of ether oxygens (including phenoxy) is 1. The molecule has 3 aliphatic rings. The third-order valence-corrected chi connectivity index (χ3v) is 5.76. The van der Waals surface area contributed by atoms with E-state index in [1.54, 1.807) is 18.1 Å². The van der Waals surface area contributed by atoms with Gasteiger partial charge < -0.3 is 15.4 Å². The van der Waals surface area contributed by atoms with E-state index in [9.17, 15) is 14.4 Å². The molecule has 0 saturated carbocycles. The topological polar surface area (TPSA) is 105 Å². The van der Waals surface area contributed by atoms with Crippen molar-refractivity contribution in [1.82, 2.24) is 15.1 Å². The second-order valence-corrected chi connectivity index (χ2v) is 7.48. The van der Waals surface area contributed by atoms with Crippen molar-refractivity contribution in [2.24, 2.45) is 5.73 Å². The molecule has 8 nitrogen and oxygen atoms in total. The minimum atomic E-state index is -0.589. The van der Waals surface area contributed by atoms with Crippen molar-refractivity contribution >= 4 is 17.7 Å². The highest BCUT2D eigenvalue weighted by Gasteiger charge is 2.40. The Balaban J connectivity index is 1.53. The lowest BCUT2D eigenvalue weighted by Gasteiger charge is -2.29. The number of likely N-dealkylation sites (tertiary alicyclic amines) is 1. The summed E-state index contributed by atoms with van der Waals surface area (Å²) in [6, 6.07) is 5.10. The van der Waals surface area contributed by atoms with Crippen LogP contribution in [0.2, 0.25) is 0 Å². The Morgan fingerprint density at radius 1 is 1.26 bits per heavy atom. The summed E-state index contributed by atoms with van der Waals surface area (Å²) in [6.45, 7) is 2.58. The zero-order valence-corrected chi connectivity index (χ0v) is 15.3. The summed E-state index contributed by atoms with van der Waals surface area (Å²) in [7, 11) is 1.67. The quantitative estimate of drug-likeness (QED) is 0.697. The molecule has 8 heteroatoms. The van der Waals surface area contributed by atoms with E-state index >= 15 is 0 Å². The highest BCUT2D eigenvalue weighted by atomic mass is 16.5. The zero-order chi connectivity index (χ0) is 19.1. The zero-order valence-electron chi connectivity index (χ0n) is 15.3. The molecule has 0 bridgehead atoms. The van der Waals surface area contributed by atoms with Gasteiger partial charge in [-0.05, 0) is 23.6 Å². The first-order chi connectivity index (χ1) is 13.0. The summed E-state index contributed by atoms with van der Waals surface area (Å²) < 4.78 is 5.42. The first-order valence-electron chi connectivity index (χ1n) is 9.24. The summed E-state index contributed by atoms with van der Waals surface area (Å²) in [5, 5.41) is 2.34. The number of fused-ring (bicyclic) bond motifs is 1. The molecule has 2 fully saturated rings. The maximum absolute atomic E-state index is 12.9. The van der Waals surface area contributed by atoms with Crippen LogP contribution in [0.15, 0.2) is 18.2 Å². The molecule has 4 rings (SSSR count). The summed E-state index contributed by atoms with van der Waals surface area (Å²) >= 11 is 0. The molecule has 3 N–H and O–H groups in total. The molecule has 0 aliphatic carbocycles. The predicted molar refractivity (Wildman–Crippen MR) is 96.5 cm³/mol. The molecule has 1 aromatic carbocycles. The molecule has 27 heavy (non-hydrogen) atoms. The maximum Gasteiger partial charge on any atom is 0.255 e. The molecule has 3 aliphatic heterocycles. The molecule has 3 heterocycles. The number of nitrogens with zero attached hydrogens (tertiary/aromatic N) is 2. The van der Waals surface area contributed by atoms with E-state index in [0.29, 0.717) is 25.1 Å².